The van der Waals surface area contributed by atoms with Gasteiger partial charge in [-0.15, -0.1) is 0 Å². The van der Waals surface area contributed by atoms with Gasteiger partial charge in [-0.05, 0) is 37.8 Å². The van der Waals surface area contributed by atoms with Crippen LogP contribution in [0.5, 0.6) is 0 Å². The summed E-state index contributed by atoms with van der Waals surface area (Å²) in [5.41, 5.74) is 1.52. The lowest BCUT2D eigenvalue weighted by Crippen LogP contribution is -2.17. The van der Waals surface area contributed by atoms with E-state index < -0.39 is 0 Å². The first kappa shape index (κ1) is 17.0. The molecule has 1 saturated heterocycles. The summed E-state index contributed by atoms with van der Waals surface area (Å²) in [7, 11) is 0. The van der Waals surface area contributed by atoms with Crippen molar-refractivity contribution in [2.45, 2.75) is 55.6 Å². The molecule has 0 bridgehead atoms. The minimum absolute atomic E-state index is 0.248. The number of nitrogens with one attached hydrogen (secondary N) is 1. The second-order valence-electron chi connectivity index (χ2n) is 6.93. The number of halogens is 1. The van der Waals surface area contributed by atoms with Crippen molar-refractivity contribution in [3.05, 3.63) is 30.0 Å². The maximum atomic E-state index is 14.4. The fourth-order valence-corrected chi connectivity index (χ4v) is 4.67. The van der Waals surface area contributed by atoms with Crippen LogP contribution in [-0.2, 0) is 10.5 Å². The molecule has 0 radical (unpaired) electrons. The third-order valence-corrected chi connectivity index (χ3v) is 6.41. The zero-order chi connectivity index (χ0) is 17.1. The van der Waals surface area contributed by atoms with Crippen LogP contribution in [0.3, 0.4) is 0 Å². The van der Waals surface area contributed by atoms with Gasteiger partial charge in [-0.3, -0.25) is 0 Å². The van der Waals surface area contributed by atoms with Crippen molar-refractivity contribution in [1.29, 1.82) is 0 Å². The summed E-state index contributed by atoms with van der Waals surface area (Å²) in [5.74, 6) is 1.30. The van der Waals surface area contributed by atoms with E-state index in [1.807, 2.05) is 17.8 Å². The smallest absolute Gasteiger partial charge is 0.138 e. The number of ether oxygens (including phenoxy) is 1. The number of benzene rings is 1. The summed E-state index contributed by atoms with van der Waals surface area (Å²) < 4.78 is 19.8. The van der Waals surface area contributed by atoms with E-state index in [4.69, 9.17) is 4.74 Å². The van der Waals surface area contributed by atoms with E-state index in [0.717, 1.165) is 56.2 Å². The number of nitrogens with zero attached hydrogens (tertiary/aromatic N) is 2. The summed E-state index contributed by atoms with van der Waals surface area (Å²) in [6.07, 6.45) is 8.63. The summed E-state index contributed by atoms with van der Waals surface area (Å²) in [6.45, 7) is 1.69. The Balaban J connectivity index is 1.49. The zero-order valence-electron chi connectivity index (χ0n) is 14.3. The molecule has 1 aliphatic heterocycles. The largest absolute Gasteiger partial charge is 0.382 e. The molecule has 0 amide bonds. The van der Waals surface area contributed by atoms with Crippen LogP contribution in [0.4, 0.5) is 10.1 Å². The first-order chi connectivity index (χ1) is 12.3. The summed E-state index contributed by atoms with van der Waals surface area (Å²) in [5, 5.41) is 4.57. The van der Waals surface area contributed by atoms with Crippen molar-refractivity contribution >= 4 is 28.4 Å². The van der Waals surface area contributed by atoms with Crippen LogP contribution >= 0.6 is 11.8 Å². The first-order valence-electron chi connectivity index (χ1n) is 9.19. The summed E-state index contributed by atoms with van der Waals surface area (Å²) in [4.78, 5) is 8.97. The molecule has 4 nitrogen and oxygen atoms in total. The number of fused-ring (bicyclic) bond motifs is 1. The van der Waals surface area contributed by atoms with Gasteiger partial charge in [0.25, 0.3) is 0 Å². The van der Waals surface area contributed by atoms with Crippen LogP contribution in [0.2, 0.25) is 0 Å². The highest BCUT2D eigenvalue weighted by molar-refractivity contribution is 7.99. The Morgan fingerprint density at radius 3 is 2.76 bits per heavy atom. The molecule has 1 saturated carbocycles. The lowest BCUT2D eigenvalue weighted by atomic mass is 10.2. The molecule has 2 heterocycles. The highest BCUT2D eigenvalue weighted by atomic mass is 32.2. The van der Waals surface area contributed by atoms with Gasteiger partial charge in [0.05, 0.1) is 16.7 Å². The average molecular weight is 361 g/mol. The van der Waals surface area contributed by atoms with E-state index in [1.54, 1.807) is 12.3 Å². The van der Waals surface area contributed by atoms with Crippen LogP contribution in [0.15, 0.2) is 18.3 Å². The quantitative estimate of drug-likeness (QED) is 0.847. The Labute approximate surface area is 152 Å². The SMILES string of the molecule is Fc1cc(NC2CCCC2)cc2nc(CSC3CCOCC3)ncc12. The van der Waals surface area contributed by atoms with Crippen molar-refractivity contribution in [3.63, 3.8) is 0 Å². The molecule has 1 aromatic heterocycles. The molecule has 0 unspecified atom stereocenters. The van der Waals surface area contributed by atoms with Crippen molar-refractivity contribution in [2.75, 3.05) is 18.5 Å². The maximum Gasteiger partial charge on any atom is 0.138 e. The molecule has 1 N–H and O–H groups in total. The minimum atomic E-state index is -0.248. The van der Waals surface area contributed by atoms with Crippen molar-refractivity contribution in [2.24, 2.45) is 0 Å². The number of rotatable bonds is 5. The van der Waals surface area contributed by atoms with Gasteiger partial charge < -0.3 is 10.1 Å². The third kappa shape index (κ3) is 4.23. The highest BCUT2D eigenvalue weighted by Crippen LogP contribution is 2.28. The van der Waals surface area contributed by atoms with Crippen LogP contribution in [-0.4, -0.2) is 34.5 Å². The predicted octanol–water partition coefficient (Wildman–Crippen LogP) is 4.54. The predicted molar refractivity (Wildman–Crippen MR) is 101 cm³/mol. The zero-order valence-corrected chi connectivity index (χ0v) is 15.2. The Morgan fingerprint density at radius 1 is 1.16 bits per heavy atom. The highest BCUT2D eigenvalue weighted by Gasteiger charge is 2.17. The van der Waals surface area contributed by atoms with Crippen LogP contribution < -0.4 is 5.32 Å². The molecule has 6 heteroatoms. The molecule has 1 aliphatic carbocycles. The lowest BCUT2D eigenvalue weighted by molar-refractivity contribution is 0.1000. The van der Waals surface area contributed by atoms with E-state index in [-0.39, 0.29) is 5.82 Å². The van der Waals surface area contributed by atoms with Gasteiger partial charge in [0.1, 0.15) is 11.6 Å². The number of anilines is 1. The van der Waals surface area contributed by atoms with Gasteiger partial charge in [0, 0.05) is 36.4 Å². The Hall–Kier alpha value is -1.40. The molecule has 1 aromatic carbocycles. The second-order valence-corrected chi connectivity index (χ2v) is 8.21. The fourth-order valence-electron chi connectivity index (χ4n) is 3.62. The van der Waals surface area contributed by atoms with Crippen molar-refractivity contribution in [3.8, 4) is 0 Å². The molecule has 2 aliphatic rings. The van der Waals surface area contributed by atoms with Crippen LogP contribution in [0, 0.1) is 5.82 Å². The molecule has 0 spiro atoms. The van der Waals surface area contributed by atoms with Crippen molar-refractivity contribution in [1.82, 2.24) is 9.97 Å². The topological polar surface area (TPSA) is 47.0 Å². The maximum absolute atomic E-state index is 14.4. The monoisotopic (exact) mass is 361 g/mol. The molecular weight excluding hydrogens is 337 g/mol. The van der Waals surface area contributed by atoms with E-state index in [1.165, 1.54) is 12.8 Å². The summed E-state index contributed by atoms with van der Waals surface area (Å²) >= 11 is 1.88. The van der Waals surface area contributed by atoms with Crippen molar-refractivity contribution < 1.29 is 9.13 Å². The number of hydrogen-bond donors (Lipinski definition) is 1. The Kier molecular flexibility index (Phi) is 5.36. The molecular formula is C19H24FN3OS. The molecule has 2 aromatic rings. The minimum Gasteiger partial charge on any atom is -0.382 e. The number of thioether (sulfide) groups is 1. The Bertz CT molecular complexity index is 730. The molecule has 134 valence electrons. The molecule has 4 rings (SSSR count). The van der Waals surface area contributed by atoms with Gasteiger partial charge in [0.2, 0.25) is 0 Å². The molecule has 25 heavy (non-hydrogen) atoms. The average Bonchev–Trinajstić information content (AvgIpc) is 3.13. The van der Waals surface area contributed by atoms with Crippen LogP contribution in [0.25, 0.3) is 10.9 Å². The first-order valence-corrected chi connectivity index (χ1v) is 10.2. The van der Waals surface area contributed by atoms with Gasteiger partial charge in [0.15, 0.2) is 0 Å². The van der Waals surface area contributed by atoms with Gasteiger partial charge in [-0.2, -0.15) is 11.8 Å². The Morgan fingerprint density at radius 2 is 1.96 bits per heavy atom. The second kappa shape index (κ2) is 7.87. The normalized spacial score (nSPS) is 19.6. The van der Waals surface area contributed by atoms with E-state index in [2.05, 4.69) is 15.3 Å². The van der Waals surface area contributed by atoms with Gasteiger partial charge in [-0.1, -0.05) is 12.8 Å². The van der Waals surface area contributed by atoms with E-state index in [9.17, 15) is 4.39 Å². The molecule has 2 fully saturated rings. The van der Waals surface area contributed by atoms with E-state index >= 15 is 0 Å². The lowest BCUT2D eigenvalue weighted by Gasteiger charge is -2.21. The van der Waals surface area contributed by atoms with Gasteiger partial charge in [-0.25, -0.2) is 14.4 Å². The fraction of sp³-hybridized carbons (Fsp3) is 0.579. The number of aromatic nitrogens is 2. The standard InChI is InChI=1S/C19H24FN3OS/c20-17-9-14(22-13-3-1-2-4-13)10-18-16(17)11-21-19(23-18)12-25-15-5-7-24-8-6-15/h9-11,13,15,22H,1-8,12H2. The third-order valence-electron chi connectivity index (χ3n) is 5.04. The van der Waals surface area contributed by atoms with E-state index in [0.29, 0.717) is 22.2 Å². The van der Waals surface area contributed by atoms with Gasteiger partial charge >= 0.3 is 0 Å². The number of hydrogen-bond acceptors (Lipinski definition) is 5. The summed E-state index contributed by atoms with van der Waals surface area (Å²) in [6, 6.07) is 3.99. The molecule has 0 atom stereocenters. The van der Waals surface area contributed by atoms with Crippen LogP contribution in [0.1, 0.15) is 44.3 Å².